The average Bonchev–Trinajstić information content (AvgIpc) is 3.04. The number of hydrogen-bond donors (Lipinski definition) is 0. The summed E-state index contributed by atoms with van der Waals surface area (Å²) in [5.41, 5.74) is 2.13. The van der Waals surface area contributed by atoms with Gasteiger partial charge in [-0.3, -0.25) is 9.78 Å². The molecule has 0 spiro atoms. The van der Waals surface area contributed by atoms with Crippen LogP contribution < -0.4 is 4.90 Å². The van der Waals surface area contributed by atoms with Crippen LogP contribution in [0.5, 0.6) is 0 Å². The molecular formula is C18H23F3N4OS. The van der Waals surface area contributed by atoms with Gasteiger partial charge in [-0.15, -0.1) is 11.8 Å². The summed E-state index contributed by atoms with van der Waals surface area (Å²) < 4.78 is 39.1. The third kappa shape index (κ3) is 5.72. The van der Waals surface area contributed by atoms with Crippen LogP contribution in [0.1, 0.15) is 32.9 Å². The SMILES string of the molecule is CCCc1nn(-c2cccnc2)cc1N(CC)C(=O)C(C)SCC(F)(F)F. The highest BCUT2D eigenvalue weighted by molar-refractivity contribution is 8.00. The number of rotatable bonds is 8. The van der Waals surface area contributed by atoms with Crippen LogP contribution in [0.3, 0.4) is 0 Å². The largest absolute Gasteiger partial charge is 0.397 e. The highest BCUT2D eigenvalue weighted by Crippen LogP contribution is 2.28. The number of pyridine rings is 1. The molecule has 0 radical (unpaired) electrons. The molecule has 0 saturated carbocycles. The maximum Gasteiger partial charge on any atom is 0.397 e. The molecule has 0 aromatic carbocycles. The second-order valence-corrected chi connectivity index (χ2v) is 7.35. The Kier molecular flexibility index (Phi) is 7.29. The van der Waals surface area contributed by atoms with Crippen molar-refractivity contribution < 1.29 is 18.0 Å². The van der Waals surface area contributed by atoms with Gasteiger partial charge in [0, 0.05) is 12.7 Å². The van der Waals surface area contributed by atoms with Crippen molar-refractivity contribution in [2.45, 2.75) is 45.0 Å². The summed E-state index contributed by atoms with van der Waals surface area (Å²) in [6.07, 6.45) is 2.26. The predicted molar refractivity (Wildman–Crippen MR) is 101 cm³/mol. The zero-order valence-corrected chi connectivity index (χ0v) is 16.3. The van der Waals surface area contributed by atoms with Crippen LogP contribution in [0, 0.1) is 0 Å². The summed E-state index contributed by atoms with van der Waals surface area (Å²) in [6, 6.07) is 3.63. The van der Waals surface area contributed by atoms with Gasteiger partial charge in [0.2, 0.25) is 5.91 Å². The Morgan fingerprint density at radius 2 is 2.11 bits per heavy atom. The molecule has 0 fully saturated rings. The molecule has 0 aliphatic heterocycles. The van der Waals surface area contributed by atoms with Gasteiger partial charge in [-0.1, -0.05) is 13.3 Å². The minimum Gasteiger partial charge on any atom is -0.309 e. The van der Waals surface area contributed by atoms with E-state index in [1.54, 1.807) is 36.3 Å². The lowest BCUT2D eigenvalue weighted by Crippen LogP contribution is -2.37. The standard InChI is InChI=1S/C18H23F3N4OS/c1-4-7-15-16(11-25(23-15)14-8-6-9-22-10-14)24(5-2)17(26)13(3)27-12-18(19,20)21/h6,8-11,13H,4-5,7,12H2,1-3H3. The number of carbonyl (C=O) groups is 1. The van der Waals surface area contributed by atoms with Crippen molar-refractivity contribution in [3.8, 4) is 5.69 Å². The molecule has 5 nitrogen and oxygen atoms in total. The minimum absolute atomic E-state index is 0.352. The highest BCUT2D eigenvalue weighted by Gasteiger charge is 2.31. The van der Waals surface area contributed by atoms with E-state index in [9.17, 15) is 18.0 Å². The zero-order chi connectivity index (χ0) is 20.0. The summed E-state index contributed by atoms with van der Waals surface area (Å²) in [6.45, 7) is 5.67. The molecule has 0 saturated heterocycles. The minimum atomic E-state index is -4.30. The number of amides is 1. The Morgan fingerprint density at radius 3 is 2.67 bits per heavy atom. The van der Waals surface area contributed by atoms with Crippen molar-refractivity contribution in [1.29, 1.82) is 0 Å². The number of hydrogen-bond acceptors (Lipinski definition) is 4. The number of halogens is 3. The average molecular weight is 400 g/mol. The molecule has 0 aliphatic rings. The van der Waals surface area contributed by atoms with Crippen molar-refractivity contribution in [2.75, 3.05) is 17.2 Å². The Labute approximate surface area is 161 Å². The summed E-state index contributed by atoms with van der Waals surface area (Å²) in [5.74, 6) is -1.40. The van der Waals surface area contributed by atoms with Crippen LogP contribution in [0.25, 0.3) is 5.69 Å². The summed E-state index contributed by atoms with van der Waals surface area (Å²) in [7, 11) is 0. The smallest absolute Gasteiger partial charge is 0.309 e. The molecule has 1 amide bonds. The molecule has 0 N–H and O–H groups in total. The van der Waals surface area contributed by atoms with Crippen molar-refractivity contribution in [1.82, 2.24) is 14.8 Å². The van der Waals surface area contributed by atoms with Gasteiger partial charge in [-0.2, -0.15) is 18.3 Å². The van der Waals surface area contributed by atoms with Crippen LogP contribution in [0.4, 0.5) is 18.9 Å². The lowest BCUT2D eigenvalue weighted by Gasteiger charge is -2.24. The van der Waals surface area contributed by atoms with E-state index in [4.69, 9.17) is 0 Å². The van der Waals surface area contributed by atoms with Crippen LogP contribution in [0.2, 0.25) is 0 Å². The van der Waals surface area contributed by atoms with Crippen LogP contribution in [-0.4, -0.2) is 44.4 Å². The predicted octanol–water partition coefficient (Wildman–Crippen LogP) is 4.26. The molecule has 148 valence electrons. The third-order valence-electron chi connectivity index (χ3n) is 3.88. The van der Waals surface area contributed by atoms with Crippen LogP contribution >= 0.6 is 11.8 Å². The van der Waals surface area contributed by atoms with E-state index >= 15 is 0 Å². The molecule has 0 aliphatic carbocycles. The second kappa shape index (κ2) is 9.25. The van der Waals surface area contributed by atoms with E-state index in [0.29, 0.717) is 30.4 Å². The zero-order valence-electron chi connectivity index (χ0n) is 15.5. The number of aromatic nitrogens is 3. The maximum atomic E-state index is 12.8. The van der Waals surface area contributed by atoms with Gasteiger partial charge in [-0.25, -0.2) is 4.68 Å². The highest BCUT2D eigenvalue weighted by atomic mass is 32.2. The summed E-state index contributed by atoms with van der Waals surface area (Å²) in [5, 5.41) is 3.76. The number of thioether (sulfide) groups is 1. The first-order chi connectivity index (χ1) is 12.8. The molecule has 2 heterocycles. The number of carbonyl (C=O) groups excluding carboxylic acids is 1. The first kappa shape index (κ1) is 21.3. The monoisotopic (exact) mass is 400 g/mol. The van der Waals surface area contributed by atoms with Crippen LogP contribution in [0.15, 0.2) is 30.7 Å². The Balaban J connectivity index is 2.29. The first-order valence-electron chi connectivity index (χ1n) is 8.75. The van der Waals surface area contributed by atoms with Gasteiger partial charge in [-0.05, 0) is 32.4 Å². The van der Waals surface area contributed by atoms with E-state index in [0.717, 1.165) is 17.8 Å². The van der Waals surface area contributed by atoms with Gasteiger partial charge < -0.3 is 4.90 Å². The van der Waals surface area contributed by atoms with Crippen molar-refractivity contribution in [3.63, 3.8) is 0 Å². The normalized spacial score (nSPS) is 12.8. The molecule has 1 unspecified atom stereocenters. The van der Waals surface area contributed by atoms with E-state index in [1.807, 2.05) is 13.0 Å². The van der Waals surface area contributed by atoms with E-state index in [2.05, 4.69) is 10.1 Å². The van der Waals surface area contributed by atoms with Gasteiger partial charge >= 0.3 is 6.18 Å². The molecular weight excluding hydrogens is 377 g/mol. The maximum absolute atomic E-state index is 12.8. The van der Waals surface area contributed by atoms with Gasteiger partial charge in [0.15, 0.2) is 0 Å². The molecule has 1 atom stereocenters. The number of aryl methyl sites for hydroxylation is 1. The van der Waals surface area contributed by atoms with E-state index < -0.39 is 17.2 Å². The van der Waals surface area contributed by atoms with Gasteiger partial charge in [0.05, 0.1) is 40.5 Å². The Bertz CT molecular complexity index is 749. The van der Waals surface area contributed by atoms with Crippen LogP contribution in [-0.2, 0) is 11.2 Å². The molecule has 2 aromatic rings. The molecule has 27 heavy (non-hydrogen) atoms. The first-order valence-corrected chi connectivity index (χ1v) is 9.80. The summed E-state index contributed by atoms with van der Waals surface area (Å²) in [4.78, 5) is 18.4. The Hall–Kier alpha value is -2.03. The number of anilines is 1. The fourth-order valence-corrected chi connectivity index (χ4v) is 3.33. The number of alkyl halides is 3. The molecule has 2 aromatic heterocycles. The fourth-order valence-electron chi connectivity index (χ4n) is 2.62. The summed E-state index contributed by atoms with van der Waals surface area (Å²) >= 11 is 0.599. The molecule has 9 heteroatoms. The lowest BCUT2D eigenvalue weighted by molar-refractivity contribution is -0.117. The third-order valence-corrected chi connectivity index (χ3v) is 5.08. The van der Waals surface area contributed by atoms with Gasteiger partial charge in [0.1, 0.15) is 0 Å². The van der Waals surface area contributed by atoms with Crippen molar-refractivity contribution in [2.24, 2.45) is 0 Å². The second-order valence-electron chi connectivity index (χ2n) is 6.02. The fraction of sp³-hybridized carbons (Fsp3) is 0.500. The molecule has 0 bridgehead atoms. The van der Waals surface area contributed by atoms with Crippen molar-refractivity contribution >= 4 is 23.4 Å². The van der Waals surface area contributed by atoms with Gasteiger partial charge in [0.25, 0.3) is 0 Å². The molecule has 2 rings (SSSR count). The van der Waals surface area contributed by atoms with E-state index in [-0.39, 0.29) is 5.91 Å². The topological polar surface area (TPSA) is 51.0 Å². The Morgan fingerprint density at radius 1 is 1.37 bits per heavy atom. The lowest BCUT2D eigenvalue weighted by atomic mass is 10.2. The number of nitrogens with zero attached hydrogens (tertiary/aromatic N) is 4. The quantitative estimate of drug-likeness (QED) is 0.665. The van der Waals surface area contributed by atoms with Crippen molar-refractivity contribution in [3.05, 3.63) is 36.4 Å². The van der Waals surface area contributed by atoms with E-state index in [1.165, 1.54) is 11.8 Å².